The Morgan fingerprint density at radius 1 is 1.00 bits per heavy atom. The predicted octanol–water partition coefficient (Wildman–Crippen LogP) is 1.32. The molecule has 0 saturated heterocycles. The SMILES string of the molecule is CN(C)S(=O)(=O)c1cccc(S(=O)(=O)Nc2ccc(-n3cccn3)nc2)c1. The Labute approximate surface area is 157 Å². The normalized spacial score (nSPS) is 12.3. The van der Waals surface area contributed by atoms with E-state index in [2.05, 4.69) is 14.8 Å². The Balaban J connectivity index is 1.87. The van der Waals surface area contributed by atoms with Crippen molar-refractivity contribution in [1.29, 1.82) is 0 Å². The third-order valence-electron chi connectivity index (χ3n) is 3.63. The van der Waals surface area contributed by atoms with Gasteiger partial charge in [0.2, 0.25) is 10.0 Å². The number of benzene rings is 1. The van der Waals surface area contributed by atoms with Gasteiger partial charge in [0.25, 0.3) is 10.0 Å². The second-order valence-corrected chi connectivity index (χ2v) is 9.56. The molecular formula is C16H17N5O4S2. The molecule has 0 atom stereocenters. The summed E-state index contributed by atoms with van der Waals surface area (Å²) in [4.78, 5) is 3.88. The smallest absolute Gasteiger partial charge is 0.261 e. The van der Waals surface area contributed by atoms with E-state index in [1.807, 2.05) is 0 Å². The Kier molecular flexibility index (Phi) is 5.00. The fourth-order valence-electron chi connectivity index (χ4n) is 2.21. The standard InChI is InChI=1S/C16H17N5O4S2/c1-20(2)27(24,25)15-6-3-5-14(11-15)26(22,23)19-13-7-8-16(17-12-13)21-10-4-9-18-21/h3-12,19H,1-2H3. The fourth-order valence-corrected chi connectivity index (χ4v) is 4.32. The highest BCUT2D eigenvalue weighted by Gasteiger charge is 2.21. The Morgan fingerprint density at radius 2 is 1.74 bits per heavy atom. The summed E-state index contributed by atoms with van der Waals surface area (Å²) in [5, 5.41) is 4.04. The van der Waals surface area contributed by atoms with Crippen molar-refractivity contribution in [2.24, 2.45) is 0 Å². The van der Waals surface area contributed by atoms with Crippen LogP contribution in [-0.4, -0.2) is 50.0 Å². The minimum atomic E-state index is -3.98. The summed E-state index contributed by atoms with van der Waals surface area (Å²) in [6.07, 6.45) is 4.67. The molecule has 3 aromatic rings. The Morgan fingerprint density at radius 3 is 2.33 bits per heavy atom. The van der Waals surface area contributed by atoms with E-state index in [0.29, 0.717) is 5.82 Å². The molecule has 0 fully saturated rings. The summed E-state index contributed by atoms with van der Waals surface area (Å²) < 4.78 is 54.6. The number of hydrogen-bond acceptors (Lipinski definition) is 6. The quantitative estimate of drug-likeness (QED) is 0.659. The molecule has 2 heterocycles. The van der Waals surface area contributed by atoms with Crippen LogP contribution in [0.1, 0.15) is 0 Å². The molecule has 9 nitrogen and oxygen atoms in total. The molecule has 0 radical (unpaired) electrons. The average molecular weight is 407 g/mol. The number of hydrogen-bond donors (Lipinski definition) is 1. The molecule has 0 spiro atoms. The first-order valence-corrected chi connectivity index (χ1v) is 10.6. The van der Waals surface area contributed by atoms with Crippen LogP contribution < -0.4 is 4.72 Å². The largest absolute Gasteiger partial charge is 0.278 e. The Hall–Kier alpha value is -2.76. The second-order valence-electron chi connectivity index (χ2n) is 5.72. The summed E-state index contributed by atoms with van der Waals surface area (Å²) >= 11 is 0. The first kappa shape index (κ1) is 19.0. The molecule has 142 valence electrons. The first-order valence-electron chi connectivity index (χ1n) is 7.72. The molecule has 2 aromatic heterocycles. The van der Waals surface area contributed by atoms with E-state index in [1.54, 1.807) is 30.6 Å². The van der Waals surface area contributed by atoms with Crippen molar-refractivity contribution in [3.05, 3.63) is 61.1 Å². The van der Waals surface area contributed by atoms with Gasteiger partial charge in [-0.3, -0.25) is 4.72 Å². The maximum atomic E-state index is 12.6. The van der Waals surface area contributed by atoms with Crippen LogP contribution in [0, 0.1) is 0 Å². The average Bonchev–Trinajstić information content (AvgIpc) is 3.17. The fraction of sp³-hybridized carbons (Fsp3) is 0.125. The molecule has 0 aliphatic carbocycles. The zero-order chi connectivity index (χ0) is 19.7. The highest BCUT2D eigenvalue weighted by atomic mass is 32.2. The third kappa shape index (κ3) is 3.99. The lowest BCUT2D eigenvalue weighted by molar-refractivity contribution is 0.520. The van der Waals surface area contributed by atoms with Crippen LogP contribution in [0.2, 0.25) is 0 Å². The van der Waals surface area contributed by atoms with Crippen LogP contribution in [0.5, 0.6) is 0 Å². The van der Waals surface area contributed by atoms with Crippen molar-refractivity contribution in [3.8, 4) is 5.82 Å². The number of nitrogens with zero attached hydrogens (tertiary/aromatic N) is 4. The topological polar surface area (TPSA) is 114 Å². The third-order valence-corrected chi connectivity index (χ3v) is 6.82. The Bertz CT molecular complexity index is 1140. The van der Waals surface area contributed by atoms with Crippen LogP contribution in [0.3, 0.4) is 0 Å². The van der Waals surface area contributed by atoms with Gasteiger partial charge in [-0.05, 0) is 36.4 Å². The summed E-state index contributed by atoms with van der Waals surface area (Å²) in [6.45, 7) is 0. The van der Waals surface area contributed by atoms with Gasteiger partial charge in [0.05, 0.1) is 21.7 Å². The maximum absolute atomic E-state index is 12.6. The number of nitrogens with one attached hydrogen (secondary N) is 1. The van der Waals surface area contributed by atoms with Crippen molar-refractivity contribution in [3.63, 3.8) is 0 Å². The number of sulfonamides is 2. The zero-order valence-electron chi connectivity index (χ0n) is 14.5. The van der Waals surface area contributed by atoms with Crippen LogP contribution in [-0.2, 0) is 20.0 Å². The van der Waals surface area contributed by atoms with E-state index < -0.39 is 20.0 Å². The second kappa shape index (κ2) is 7.10. The van der Waals surface area contributed by atoms with Gasteiger partial charge < -0.3 is 0 Å². The molecule has 3 rings (SSSR count). The van der Waals surface area contributed by atoms with Gasteiger partial charge >= 0.3 is 0 Å². The molecule has 0 bridgehead atoms. The molecule has 27 heavy (non-hydrogen) atoms. The van der Waals surface area contributed by atoms with Crippen molar-refractivity contribution < 1.29 is 16.8 Å². The van der Waals surface area contributed by atoms with Gasteiger partial charge in [-0.2, -0.15) is 5.10 Å². The predicted molar refractivity (Wildman–Crippen MR) is 99.5 cm³/mol. The van der Waals surface area contributed by atoms with Crippen molar-refractivity contribution in [1.82, 2.24) is 19.1 Å². The minimum absolute atomic E-state index is 0.109. The number of pyridine rings is 1. The molecule has 0 saturated carbocycles. The minimum Gasteiger partial charge on any atom is -0.278 e. The van der Waals surface area contributed by atoms with Crippen LogP contribution in [0.4, 0.5) is 5.69 Å². The monoisotopic (exact) mass is 407 g/mol. The first-order chi connectivity index (χ1) is 12.7. The molecular weight excluding hydrogens is 390 g/mol. The van der Waals surface area contributed by atoms with Crippen LogP contribution in [0.15, 0.2) is 70.8 Å². The van der Waals surface area contributed by atoms with Gasteiger partial charge in [0.15, 0.2) is 5.82 Å². The highest BCUT2D eigenvalue weighted by Crippen LogP contribution is 2.20. The summed E-state index contributed by atoms with van der Waals surface area (Å²) in [6, 6.07) is 10.1. The molecule has 1 aromatic carbocycles. The van der Waals surface area contributed by atoms with E-state index in [4.69, 9.17) is 0 Å². The van der Waals surface area contributed by atoms with E-state index in [9.17, 15) is 16.8 Å². The summed E-state index contributed by atoms with van der Waals surface area (Å²) in [5.74, 6) is 0.530. The van der Waals surface area contributed by atoms with E-state index >= 15 is 0 Å². The maximum Gasteiger partial charge on any atom is 0.261 e. The number of anilines is 1. The molecule has 11 heteroatoms. The van der Waals surface area contributed by atoms with E-state index in [1.165, 1.54) is 43.2 Å². The van der Waals surface area contributed by atoms with E-state index in [-0.39, 0.29) is 15.5 Å². The van der Waals surface area contributed by atoms with Gasteiger partial charge in [-0.15, -0.1) is 0 Å². The summed E-state index contributed by atoms with van der Waals surface area (Å²) in [5.41, 5.74) is 0.242. The van der Waals surface area contributed by atoms with Gasteiger partial charge in [0, 0.05) is 26.5 Å². The molecule has 0 aliphatic heterocycles. The molecule has 0 amide bonds. The number of aromatic nitrogens is 3. The van der Waals surface area contributed by atoms with Gasteiger partial charge in [0.1, 0.15) is 0 Å². The van der Waals surface area contributed by atoms with Crippen LogP contribution in [0.25, 0.3) is 5.82 Å². The van der Waals surface area contributed by atoms with Crippen molar-refractivity contribution in [2.45, 2.75) is 9.79 Å². The summed E-state index contributed by atoms with van der Waals surface area (Å²) in [7, 11) is -4.97. The van der Waals surface area contributed by atoms with E-state index in [0.717, 1.165) is 10.4 Å². The van der Waals surface area contributed by atoms with Crippen molar-refractivity contribution >= 4 is 25.7 Å². The van der Waals surface area contributed by atoms with Crippen molar-refractivity contribution in [2.75, 3.05) is 18.8 Å². The number of rotatable bonds is 6. The lowest BCUT2D eigenvalue weighted by atomic mass is 10.4. The lowest BCUT2D eigenvalue weighted by Gasteiger charge is -2.13. The van der Waals surface area contributed by atoms with Crippen LogP contribution >= 0.6 is 0 Å². The highest BCUT2D eigenvalue weighted by molar-refractivity contribution is 7.93. The van der Waals surface area contributed by atoms with Gasteiger partial charge in [-0.1, -0.05) is 6.07 Å². The zero-order valence-corrected chi connectivity index (χ0v) is 16.1. The lowest BCUT2D eigenvalue weighted by Crippen LogP contribution is -2.22. The molecule has 1 N–H and O–H groups in total. The van der Waals surface area contributed by atoms with Gasteiger partial charge in [-0.25, -0.2) is 30.8 Å². The molecule has 0 unspecified atom stereocenters. The molecule has 0 aliphatic rings.